The smallest absolute Gasteiger partial charge is 0.0588 e. The Morgan fingerprint density at radius 1 is 1.10 bits per heavy atom. The molecule has 0 saturated carbocycles. The number of ether oxygens (including phenoxy) is 1. The lowest BCUT2D eigenvalue weighted by atomic mass is 9.68. The zero-order valence-corrected chi connectivity index (χ0v) is 12.0. The van der Waals surface area contributed by atoms with Crippen molar-refractivity contribution in [3.8, 4) is 0 Å². The van der Waals surface area contributed by atoms with E-state index in [0.717, 1.165) is 32.2 Å². The number of aryl methyl sites for hydroxylation is 1. The Labute approximate surface area is 120 Å². The standard InChI is InChI=1S/C18H21NO/c1-13-2-3-15-9-16(5-4-14(15)8-13)18(11-20-12-18)17-6-7-19-10-17/h2-5,8-9,17,19H,6-7,10-12H2,1H3. The van der Waals surface area contributed by atoms with Gasteiger partial charge in [-0.05, 0) is 48.7 Å². The molecule has 0 amide bonds. The predicted octanol–water partition coefficient (Wildman–Crippen LogP) is 3.03. The predicted molar refractivity (Wildman–Crippen MR) is 82.2 cm³/mol. The van der Waals surface area contributed by atoms with Crippen LogP contribution in [0.3, 0.4) is 0 Å². The molecule has 1 unspecified atom stereocenters. The van der Waals surface area contributed by atoms with Crippen molar-refractivity contribution in [3.05, 3.63) is 47.5 Å². The van der Waals surface area contributed by atoms with Gasteiger partial charge in [-0.2, -0.15) is 0 Å². The molecule has 2 aliphatic rings. The van der Waals surface area contributed by atoms with Crippen molar-refractivity contribution >= 4 is 10.8 Å². The van der Waals surface area contributed by atoms with E-state index in [0.29, 0.717) is 0 Å². The highest BCUT2D eigenvalue weighted by atomic mass is 16.5. The molecule has 0 spiro atoms. The SMILES string of the molecule is Cc1ccc2cc(C3(C4CCNC4)COC3)ccc2c1. The topological polar surface area (TPSA) is 21.3 Å². The summed E-state index contributed by atoms with van der Waals surface area (Å²) in [5, 5.41) is 6.20. The Hall–Kier alpha value is -1.38. The summed E-state index contributed by atoms with van der Waals surface area (Å²) in [6.07, 6.45) is 1.27. The van der Waals surface area contributed by atoms with Crippen molar-refractivity contribution in [1.82, 2.24) is 5.32 Å². The first-order valence-electron chi connectivity index (χ1n) is 7.57. The van der Waals surface area contributed by atoms with E-state index in [9.17, 15) is 0 Å². The molecule has 2 aliphatic heterocycles. The molecule has 2 fully saturated rings. The molecule has 2 aromatic rings. The molecule has 2 heteroatoms. The van der Waals surface area contributed by atoms with Crippen molar-refractivity contribution in [2.45, 2.75) is 18.8 Å². The highest BCUT2D eigenvalue weighted by Gasteiger charge is 2.47. The van der Waals surface area contributed by atoms with Crippen LogP contribution in [-0.4, -0.2) is 26.3 Å². The molecule has 2 aromatic carbocycles. The third-order valence-electron chi connectivity index (χ3n) is 5.13. The number of rotatable bonds is 2. The highest BCUT2D eigenvalue weighted by Crippen LogP contribution is 2.42. The van der Waals surface area contributed by atoms with E-state index in [-0.39, 0.29) is 5.41 Å². The minimum Gasteiger partial charge on any atom is -0.379 e. The second-order valence-electron chi connectivity index (χ2n) is 6.40. The van der Waals surface area contributed by atoms with Crippen LogP contribution in [0.4, 0.5) is 0 Å². The van der Waals surface area contributed by atoms with Crippen LogP contribution in [0, 0.1) is 12.8 Å². The van der Waals surface area contributed by atoms with Gasteiger partial charge in [-0.15, -0.1) is 0 Å². The molecule has 0 aliphatic carbocycles. The molecule has 0 radical (unpaired) electrons. The highest BCUT2D eigenvalue weighted by molar-refractivity contribution is 5.84. The molecular formula is C18H21NO. The summed E-state index contributed by atoms with van der Waals surface area (Å²) >= 11 is 0. The van der Waals surface area contributed by atoms with Crippen molar-refractivity contribution in [3.63, 3.8) is 0 Å². The maximum absolute atomic E-state index is 5.61. The van der Waals surface area contributed by atoms with Gasteiger partial charge in [-0.1, -0.05) is 42.0 Å². The lowest BCUT2D eigenvalue weighted by Crippen LogP contribution is -2.53. The number of hydrogen-bond acceptors (Lipinski definition) is 2. The fraction of sp³-hybridized carbons (Fsp3) is 0.444. The van der Waals surface area contributed by atoms with Crippen molar-refractivity contribution < 1.29 is 4.74 Å². The van der Waals surface area contributed by atoms with E-state index in [4.69, 9.17) is 4.74 Å². The Bertz CT molecular complexity index is 639. The second-order valence-corrected chi connectivity index (χ2v) is 6.40. The van der Waals surface area contributed by atoms with Crippen LogP contribution in [0.25, 0.3) is 10.8 Å². The Morgan fingerprint density at radius 3 is 2.60 bits per heavy atom. The normalized spacial score (nSPS) is 24.8. The quantitative estimate of drug-likeness (QED) is 0.903. The van der Waals surface area contributed by atoms with Gasteiger partial charge in [0.2, 0.25) is 0 Å². The third kappa shape index (κ3) is 1.79. The minimum absolute atomic E-state index is 0.253. The fourth-order valence-corrected chi connectivity index (χ4v) is 3.76. The summed E-state index contributed by atoms with van der Waals surface area (Å²) in [4.78, 5) is 0. The summed E-state index contributed by atoms with van der Waals surface area (Å²) in [5.74, 6) is 0.721. The van der Waals surface area contributed by atoms with Gasteiger partial charge in [-0.3, -0.25) is 0 Å². The molecule has 20 heavy (non-hydrogen) atoms. The largest absolute Gasteiger partial charge is 0.379 e. The van der Waals surface area contributed by atoms with Gasteiger partial charge in [0.1, 0.15) is 0 Å². The Morgan fingerprint density at radius 2 is 1.90 bits per heavy atom. The van der Waals surface area contributed by atoms with Crippen LogP contribution >= 0.6 is 0 Å². The van der Waals surface area contributed by atoms with Crippen LogP contribution in [0.1, 0.15) is 17.5 Å². The molecular weight excluding hydrogens is 246 g/mol. The fourth-order valence-electron chi connectivity index (χ4n) is 3.76. The van der Waals surface area contributed by atoms with Gasteiger partial charge >= 0.3 is 0 Å². The van der Waals surface area contributed by atoms with E-state index in [1.807, 2.05) is 0 Å². The zero-order chi connectivity index (χ0) is 13.6. The number of nitrogens with one attached hydrogen (secondary N) is 1. The first kappa shape index (κ1) is 12.4. The van der Waals surface area contributed by atoms with Gasteiger partial charge in [0.25, 0.3) is 0 Å². The maximum Gasteiger partial charge on any atom is 0.0588 e. The molecule has 0 aromatic heterocycles. The molecule has 2 heterocycles. The van der Waals surface area contributed by atoms with Gasteiger partial charge < -0.3 is 10.1 Å². The van der Waals surface area contributed by atoms with Crippen LogP contribution in [-0.2, 0) is 10.2 Å². The van der Waals surface area contributed by atoms with Crippen LogP contribution in [0.15, 0.2) is 36.4 Å². The summed E-state index contributed by atoms with van der Waals surface area (Å²) < 4.78 is 5.61. The summed E-state index contributed by atoms with van der Waals surface area (Å²) in [7, 11) is 0. The number of hydrogen-bond donors (Lipinski definition) is 1. The first-order valence-corrected chi connectivity index (χ1v) is 7.57. The number of fused-ring (bicyclic) bond motifs is 1. The van der Waals surface area contributed by atoms with E-state index < -0.39 is 0 Å². The maximum atomic E-state index is 5.61. The molecule has 0 bridgehead atoms. The molecule has 4 rings (SSSR count). The van der Waals surface area contributed by atoms with Gasteiger partial charge in [0.15, 0.2) is 0 Å². The molecule has 2 nitrogen and oxygen atoms in total. The summed E-state index contributed by atoms with van der Waals surface area (Å²) in [6.45, 7) is 6.21. The third-order valence-corrected chi connectivity index (χ3v) is 5.13. The van der Waals surface area contributed by atoms with Crippen molar-refractivity contribution in [2.75, 3.05) is 26.3 Å². The molecule has 2 saturated heterocycles. The summed E-state index contributed by atoms with van der Waals surface area (Å²) in [6, 6.07) is 13.7. The minimum atomic E-state index is 0.253. The first-order chi connectivity index (χ1) is 9.78. The van der Waals surface area contributed by atoms with Gasteiger partial charge in [0, 0.05) is 5.41 Å². The molecule has 1 N–H and O–H groups in total. The van der Waals surface area contributed by atoms with Crippen molar-refractivity contribution in [1.29, 1.82) is 0 Å². The van der Waals surface area contributed by atoms with E-state index in [2.05, 4.69) is 48.6 Å². The van der Waals surface area contributed by atoms with Crippen molar-refractivity contribution in [2.24, 2.45) is 5.92 Å². The zero-order valence-electron chi connectivity index (χ0n) is 12.0. The average Bonchev–Trinajstić information content (AvgIpc) is 2.92. The Kier molecular flexibility index (Phi) is 2.83. The van der Waals surface area contributed by atoms with Crippen LogP contribution in [0.5, 0.6) is 0 Å². The van der Waals surface area contributed by atoms with Crippen LogP contribution in [0.2, 0.25) is 0 Å². The molecule has 104 valence electrons. The van der Waals surface area contributed by atoms with Gasteiger partial charge in [0.05, 0.1) is 13.2 Å². The van der Waals surface area contributed by atoms with E-state index in [1.54, 1.807) is 0 Å². The average molecular weight is 267 g/mol. The van der Waals surface area contributed by atoms with Crippen LogP contribution < -0.4 is 5.32 Å². The lowest BCUT2D eigenvalue weighted by molar-refractivity contribution is -0.0868. The monoisotopic (exact) mass is 267 g/mol. The lowest BCUT2D eigenvalue weighted by Gasteiger charge is -2.46. The molecule has 1 atom stereocenters. The van der Waals surface area contributed by atoms with Gasteiger partial charge in [-0.25, -0.2) is 0 Å². The Balaban J connectivity index is 1.78. The second kappa shape index (κ2) is 4.57. The number of benzene rings is 2. The van der Waals surface area contributed by atoms with E-state index >= 15 is 0 Å². The summed E-state index contributed by atoms with van der Waals surface area (Å²) in [5.41, 5.74) is 3.04. The van der Waals surface area contributed by atoms with E-state index in [1.165, 1.54) is 28.3 Å².